The van der Waals surface area contributed by atoms with Gasteiger partial charge in [0.05, 0.1) is 11.6 Å². The summed E-state index contributed by atoms with van der Waals surface area (Å²) in [5.74, 6) is -0.635. The van der Waals surface area contributed by atoms with Crippen LogP contribution in [0.25, 0.3) is 6.08 Å². The first-order valence-corrected chi connectivity index (χ1v) is 10.3. The van der Waals surface area contributed by atoms with Gasteiger partial charge in [0.2, 0.25) is 5.91 Å². The van der Waals surface area contributed by atoms with Crippen LogP contribution in [0.5, 0.6) is 0 Å². The summed E-state index contributed by atoms with van der Waals surface area (Å²) < 4.78 is 0. The van der Waals surface area contributed by atoms with E-state index >= 15 is 0 Å². The molecule has 0 saturated carbocycles. The number of piperazine rings is 1. The fourth-order valence-corrected chi connectivity index (χ4v) is 4.01. The van der Waals surface area contributed by atoms with E-state index in [4.69, 9.17) is 5.73 Å². The number of primary amides is 1. The van der Waals surface area contributed by atoms with E-state index in [1.165, 1.54) is 16.9 Å². The molecule has 1 aromatic carbocycles. The van der Waals surface area contributed by atoms with Crippen molar-refractivity contribution in [1.82, 2.24) is 9.80 Å². The van der Waals surface area contributed by atoms with Crippen molar-refractivity contribution in [3.05, 3.63) is 59.0 Å². The molecule has 0 aliphatic carbocycles. The highest BCUT2D eigenvalue weighted by molar-refractivity contribution is 7.14. The summed E-state index contributed by atoms with van der Waals surface area (Å²) in [7, 11) is 0. The van der Waals surface area contributed by atoms with Crippen molar-refractivity contribution in [1.29, 1.82) is 0 Å². The van der Waals surface area contributed by atoms with Gasteiger partial charge < -0.3 is 11.1 Å². The second-order valence-corrected chi connectivity index (χ2v) is 7.76. The van der Waals surface area contributed by atoms with Gasteiger partial charge in [0.15, 0.2) is 0 Å². The first-order chi connectivity index (χ1) is 13.5. The van der Waals surface area contributed by atoms with Gasteiger partial charge in [-0.3, -0.25) is 19.4 Å². The van der Waals surface area contributed by atoms with Crippen LogP contribution in [0.2, 0.25) is 0 Å². The molecule has 0 bridgehead atoms. The largest absolute Gasteiger partial charge is 0.366 e. The number of hydrogen-bond acceptors (Lipinski definition) is 5. The van der Waals surface area contributed by atoms with Crippen LogP contribution in [0.3, 0.4) is 0 Å². The molecule has 1 fully saturated rings. The Morgan fingerprint density at radius 2 is 1.89 bits per heavy atom. The van der Waals surface area contributed by atoms with Crippen LogP contribution < -0.4 is 11.1 Å². The summed E-state index contributed by atoms with van der Waals surface area (Å²) in [6.45, 7) is 6.31. The number of nitrogens with zero attached hydrogens (tertiary/aromatic N) is 2. The number of rotatable bonds is 7. The molecule has 1 atom stereocenters. The predicted octanol–water partition coefficient (Wildman–Crippen LogP) is 2.51. The molecule has 3 N–H and O–H groups in total. The van der Waals surface area contributed by atoms with Crippen molar-refractivity contribution < 1.29 is 9.59 Å². The first kappa shape index (κ1) is 20.3. The van der Waals surface area contributed by atoms with Crippen molar-refractivity contribution in [2.75, 3.05) is 38.0 Å². The van der Waals surface area contributed by atoms with E-state index in [1.54, 1.807) is 11.4 Å². The minimum atomic E-state index is -0.527. The maximum absolute atomic E-state index is 12.6. The van der Waals surface area contributed by atoms with E-state index in [1.807, 2.05) is 25.1 Å². The van der Waals surface area contributed by atoms with Crippen molar-refractivity contribution in [2.24, 2.45) is 5.73 Å². The molecule has 7 heteroatoms. The molecular weight excluding hydrogens is 372 g/mol. The lowest BCUT2D eigenvalue weighted by Crippen LogP contribution is -2.52. The average molecular weight is 399 g/mol. The third-order valence-corrected chi connectivity index (χ3v) is 5.80. The van der Waals surface area contributed by atoms with Gasteiger partial charge in [-0.15, -0.1) is 11.3 Å². The highest BCUT2D eigenvalue weighted by Crippen LogP contribution is 2.23. The molecule has 148 valence electrons. The molecule has 0 radical (unpaired) electrons. The summed E-state index contributed by atoms with van der Waals surface area (Å²) in [5, 5.41) is 5.12. The fraction of sp³-hybridized carbons (Fsp3) is 0.333. The summed E-state index contributed by atoms with van der Waals surface area (Å²) in [4.78, 5) is 28.5. The van der Waals surface area contributed by atoms with Crippen LogP contribution in [0.4, 0.5) is 5.00 Å². The number of carbonyl (C=O) groups is 2. The molecular formula is C21H26N4O2S. The van der Waals surface area contributed by atoms with Crippen LogP contribution in [0, 0.1) is 0 Å². The normalized spacial score (nSPS) is 16.9. The molecule has 1 unspecified atom stereocenters. The van der Waals surface area contributed by atoms with Crippen molar-refractivity contribution in [3.8, 4) is 0 Å². The van der Waals surface area contributed by atoms with Gasteiger partial charge in [-0.05, 0) is 23.9 Å². The van der Waals surface area contributed by atoms with Gasteiger partial charge in [0.25, 0.3) is 5.91 Å². The standard InChI is InChI=1S/C21H26N4O2S/c1-16(20(27)23-21-18(19(22)26)9-15-28-21)25-13-11-24(12-14-25)10-5-8-17-6-3-2-4-7-17/h2-9,15-16H,10-14H2,1H3,(H2,22,26)(H,23,27)/b8-5+. The number of amides is 2. The molecule has 2 heterocycles. The molecule has 1 aromatic heterocycles. The Hall–Kier alpha value is -2.48. The monoisotopic (exact) mass is 398 g/mol. The highest BCUT2D eigenvalue weighted by Gasteiger charge is 2.26. The molecule has 2 amide bonds. The lowest BCUT2D eigenvalue weighted by atomic mass is 10.2. The molecule has 28 heavy (non-hydrogen) atoms. The fourth-order valence-electron chi connectivity index (χ4n) is 3.22. The molecule has 3 rings (SSSR count). The van der Waals surface area contributed by atoms with E-state index in [0.717, 1.165) is 32.7 Å². The van der Waals surface area contributed by atoms with Gasteiger partial charge in [0.1, 0.15) is 5.00 Å². The lowest BCUT2D eigenvalue weighted by molar-refractivity contribution is -0.121. The van der Waals surface area contributed by atoms with Crippen molar-refractivity contribution in [2.45, 2.75) is 13.0 Å². The Balaban J connectivity index is 1.46. The topological polar surface area (TPSA) is 78.7 Å². The number of nitrogens with two attached hydrogens (primary N) is 1. The second kappa shape index (κ2) is 9.64. The number of anilines is 1. The Kier molecular flexibility index (Phi) is 6.97. The quantitative estimate of drug-likeness (QED) is 0.751. The van der Waals surface area contributed by atoms with Crippen molar-refractivity contribution in [3.63, 3.8) is 0 Å². The Labute approximate surface area is 169 Å². The molecule has 2 aromatic rings. The van der Waals surface area contributed by atoms with E-state index < -0.39 is 5.91 Å². The zero-order chi connectivity index (χ0) is 19.9. The Morgan fingerprint density at radius 3 is 2.57 bits per heavy atom. The third-order valence-electron chi connectivity index (χ3n) is 4.97. The van der Waals surface area contributed by atoms with Gasteiger partial charge in [-0.2, -0.15) is 0 Å². The number of nitrogens with one attached hydrogen (secondary N) is 1. The maximum Gasteiger partial charge on any atom is 0.251 e. The number of benzene rings is 1. The maximum atomic E-state index is 12.6. The second-order valence-electron chi connectivity index (χ2n) is 6.84. The van der Waals surface area contributed by atoms with E-state index in [0.29, 0.717) is 10.6 Å². The lowest BCUT2D eigenvalue weighted by Gasteiger charge is -2.37. The SMILES string of the molecule is CC(C(=O)Nc1sccc1C(N)=O)N1CCN(C/C=C/c2ccccc2)CC1. The summed E-state index contributed by atoms with van der Waals surface area (Å²) in [6.07, 6.45) is 4.32. The number of thiophene rings is 1. The van der Waals surface area contributed by atoms with Crippen LogP contribution in [-0.4, -0.2) is 60.4 Å². The molecule has 0 spiro atoms. The van der Waals surface area contributed by atoms with E-state index in [-0.39, 0.29) is 11.9 Å². The minimum absolute atomic E-state index is 0.109. The molecule has 1 aliphatic heterocycles. The van der Waals surface area contributed by atoms with Crippen LogP contribution >= 0.6 is 11.3 Å². The Morgan fingerprint density at radius 1 is 1.18 bits per heavy atom. The third kappa shape index (κ3) is 5.28. The summed E-state index contributed by atoms with van der Waals surface area (Å²) >= 11 is 1.31. The molecule has 1 aliphatic rings. The van der Waals surface area contributed by atoms with Gasteiger partial charge >= 0.3 is 0 Å². The van der Waals surface area contributed by atoms with Gasteiger partial charge in [-0.25, -0.2) is 0 Å². The summed E-state index contributed by atoms with van der Waals surface area (Å²) in [6, 6.07) is 11.6. The summed E-state index contributed by atoms with van der Waals surface area (Å²) in [5.41, 5.74) is 6.91. The van der Waals surface area contributed by atoms with Gasteiger partial charge in [-0.1, -0.05) is 42.5 Å². The number of hydrogen-bond donors (Lipinski definition) is 2. The first-order valence-electron chi connectivity index (χ1n) is 9.41. The zero-order valence-corrected chi connectivity index (χ0v) is 16.8. The molecule has 1 saturated heterocycles. The number of carbonyl (C=O) groups excluding carboxylic acids is 2. The van der Waals surface area contributed by atoms with E-state index in [2.05, 4.69) is 39.4 Å². The van der Waals surface area contributed by atoms with Crippen LogP contribution in [0.1, 0.15) is 22.8 Å². The van der Waals surface area contributed by atoms with Crippen molar-refractivity contribution >= 4 is 34.2 Å². The van der Waals surface area contributed by atoms with E-state index in [9.17, 15) is 9.59 Å². The minimum Gasteiger partial charge on any atom is -0.366 e. The highest BCUT2D eigenvalue weighted by atomic mass is 32.1. The smallest absolute Gasteiger partial charge is 0.251 e. The predicted molar refractivity (Wildman–Crippen MR) is 114 cm³/mol. The Bertz CT molecular complexity index is 826. The van der Waals surface area contributed by atoms with Gasteiger partial charge in [0, 0.05) is 32.7 Å². The van der Waals surface area contributed by atoms with Crippen LogP contribution in [-0.2, 0) is 4.79 Å². The average Bonchev–Trinajstić information content (AvgIpc) is 3.17. The zero-order valence-electron chi connectivity index (χ0n) is 16.0. The van der Waals surface area contributed by atoms with Crippen LogP contribution in [0.15, 0.2) is 47.9 Å². The molecule has 6 nitrogen and oxygen atoms in total.